The van der Waals surface area contributed by atoms with Crippen LogP contribution in [0.15, 0.2) is 12.1 Å². The van der Waals surface area contributed by atoms with Crippen LogP contribution in [0.25, 0.3) is 0 Å². The maximum atomic E-state index is 5.50. The summed E-state index contributed by atoms with van der Waals surface area (Å²) in [5, 5.41) is 3.40. The van der Waals surface area contributed by atoms with Crippen LogP contribution < -0.4 is 5.32 Å². The molecule has 0 amide bonds. The summed E-state index contributed by atoms with van der Waals surface area (Å²) in [6.07, 6.45) is -0.142. The predicted molar refractivity (Wildman–Crippen MR) is 81.8 cm³/mol. The minimum absolute atomic E-state index is 0.142. The average Bonchev–Trinajstić information content (AvgIpc) is 2.78. The Bertz CT molecular complexity index is 351. The highest BCUT2D eigenvalue weighted by atomic mass is 32.1. The third kappa shape index (κ3) is 6.04. The standard InChI is InChI=1S/C15H27NO2S/c1-6-17-14(18-7-2)11-16-10-12-8-9-13(19-12)15(3,4)5/h8-9,14,16H,6-7,10-11H2,1-5H3. The molecule has 1 rings (SSSR count). The van der Waals surface area contributed by atoms with Crippen molar-refractivity contribution < 1.29 is 9.47 Å². The van der Waals surface area contributed by atoms with Gasteiger partial charge in [-0.25, -0.2) is 0 Å². The minimum atomic E-state index is -0.142. The third-order valence-corrected chi connectivity index (χ3v) is 4.23. The van der Waals surface area contributed by atoms with Gasteiger partial charge in [-0.05, 0) is 31.4 Å². The van der Waals surface area contributed by atoms with Crippen molar-refractivity contribution in [2.75, 3.05) is 19.8 Å². The monoisotopic (exact) mass is 285 g/mol. The molecule has 1 aromatic rings. The van der Waals surface area contributed by atoms with Crippen LogP contribution in [-0.4, -0.2) is 26.0 Å². The molecule has 0 aromatic carbocycles. The van der Waals surface area contributed by atoms with E-state index < -0.39 is 0 Å². The molecular formula is C15H27NO2S. The van der Waals surface area contributed by atoms with Crippen LogP contribution >= 0.6 is 11.3 Å². The normalized spacial score (nSPS) is 12.3. The molecule has 0 spiro atoms. The fourth-order valence-electron chi connectivity index (χ4n) is 1.73. The van der Waals surface area contributed by atoms with E-state index in [0.717, 1.165) is 13.1 Å². The summed E-state index contributed by atoms with van der Waals surface area (Å²) in [5.74, 6) is 0. The van der Waals surface area contributed by atoms with E-state index in [2.05, 4.69) is 38.2 Å². The molecule has 0 bridgehead atoms. The molecule has 0 saturated heterocycles. The van der Waals surface area contributed by atoms with Gasteiger partial charge in [-0.3, -0.25) is 0 Å². The molecule has 0 aliphatic heterocycles. The van der Waals surface area contributed by atoms with E-state index in [1.165, 1.54) is 9.75 Å². The Morgan fingerprint density at radius 1 is 1.16 bits per heavy atom. The zero-order valence-corrected chi connectivity index (χ0v) is 13.6. The van der Waals surface area contributed by atoms with E-state index in [1.807, 2.05) is 25.2 Å². The maximum Gasteiger partial charge on any atom is 0.169 e. The first kappa shape index (κ1) is 16.6. The summed E-state index contributed by atoms with van der Waals surface area (Å²) >= 11 is 1.87. The fourth-order valence-corrected chi connectivity index (χ4v) is 2.76. The molecule has 0 radical (unpaired) electrons. The third-order valence-electron chi connectivity index (χ3n) is 2.72. The van der Waals surface area contributed by atoms with E-state index in [4.69, 9.17) is 9.47 Å². The number of hydrogen-bond donors (Lipinski definition) is 1. The Morgan fingerprint density at radius 3 is 2.26 bits per heavy atom. The largest absolute Gasteiger partial charge is 0.352 e. The molecule has 0 unspecified atom stereocenters. The molecule has 1 heterocycles. The number of rotatable bonds is 8. The van der Waals surface area contributed by atoms with Gasteiger partial charge in [-0.1, -0.05) is 20.8 Å². The number of hydrogen-bond acceptors (Lipinski definition) is 4. The van der Waals surface area contributed by atoms with E-state index in [0.29, 0.717) is 13.2 Å². The fraction of sp³-hybridized carbons (Fsp3) is 0.733. The molecule has 0 atom stereocenters. The van der Waals surface area contributed by atoms with Gasteiger partial charge in [0.15, 0.2) is 6.29 Å². The molecule has 1 N–H and O–H groups in total. The SMILES string of the molecule is CCOC(CNCc1ccc(C(C)(C)C)s1)OCC. The lowest BCUT2D eigenvalue weighted by molar-refractivity contribution is -0.133. The molecule has 4 heteroatoms. The van der Waals surface area contributed by atoms with Crippen molar-refractivity contribution in [3.8, 4) is 0 Å². The Balaban J connectivity index is 2.38. The van der Waals surface area contributed by atoms with Gasteiger partial charge in [0.2, 0.25) is 0 Å². The molecular weight excluding hydrogens is 258 g/mol. The van der Waals surface area contributed by atoms with Crippen molar-refractivity contribution >= 4 is 11.3 Å². The summed E-state index contributed by atoms with van der Waals surface area (Å²) in [6.45, 7) is 13.7. The highest BCUT2D eigenvalue weighted by Crippen LogP contribution is 2.29. The van der Waals surface area contributed by atoms with Gasteiger partial charge in [0.05, 0.1) is 0 Å². The van der Waals surface area contributed by atoms with Crippen molar-refractivity contribution in [1.29, 1.82) is 0 Å². The first-order valence-electron chi connectivity index (χ1n) is 7.00. The number of ether oxygens (including phenoxy) is 2. The van der Waals surface area contributed by atoms with E-state index in [-0.39, 0.29) is 11.7 Å². The van der Waals surface area contributed by atoms with Gasteiger partial charge in [0.1, 0.15) is 0 Å². The van der Waals surface area contributed by atoms with Crippen LogP contribution in [0.2, 0.25) is 0 Å². The molecule has 0 aliphatic carbocycles. The van der Waals surface area contributed by atoms with Gasteiger partial charge in [0, 0.05) is 36.1 Å². The Labute approximate surface area is 121 Å². The maximum absolute atomic E-state index is 5.50. The van der Waals surface area contributed by atoms with Crippen molar-refractivity contribution in [3.63, 3.8) is 0 Å². The zero-order valence-electron chi connectivity index (χ0n) is 12.8. The number of thiophene rings is 1. The van der Waals surface area contributed by atoms with Gasteiger partial charge < -0.3 is 14.8 Å². The lowest BCUT2D eigenvalue weighted by Gasteiger charge is -2.17. The van der Waals surface area contributed by atoms with Crippen LogP contribution in [0.1, 0.15) is 44.4 Å². The average molecular weight is 285 g/mol. The Kier molecular flexibility index (Phi) is 7.00. The Morgan fingerprint density at radius 2 is 1.79 bits per heavy atom. The Hall–Kier alpha value is -0.420. The van der Waals surface area contributed by atoms with Gasteiger partial charge in [-0.2, -0.15) is 0 Å². The van der Waals surface area contributed by atoms with Crippen molar-refractivity contribution in [2.45, 2.75) is 52.9 Å². The molecule has 3 nitrogen and oxygen atoms in total. The molecule has 0 saturated carbocycles. The summed E-state index contributed by atoms with van der Waals surface area (Å²) in [7, 11) is 0. The molecule has 0 fully saturated rings. The quantitative estimate of drug-likeness (QED) is 0.741. The summed E-state index contributed by atoms with van der Waals surface area (Å²) < 4.78 is 11.0. The van der Waals surface area contributed by atoms with Gasteiger partial charge >= 0.3 is 0 Å². The van der Waals surface area contributed by atoms with Gasteiger partial charge in [0.25, 0.3) is 0 Å². The summed E-state index contributed by atoms with van der Waals surface area (Å²) in [6, 6.07) is 4.43. The smallest absolute Gasteiger partial charge is 0.169 e. The van der Waals surface area contributed by atoms with Crippen LogP contribution in [0, 0.1) is 0 Å². The lowest BCUT2D eigenvalue weighted by Crippen LogP contribution is -2.31. The minimum Gasteiger partial charge on any atom is -0.352 e. The summed E-state index contributed by atoms with van der Waals surface area (Å²) in [5.41, 5.74) is 0.238. The highest BCUT2D eigenvalue weighted by molar-refractivity contribution is 7.12. The second kappa shape index (κ2) is 8.00. The van der Waals surface area contributed by atoms with Crippen molar-refractivity contribution in [3.05, 3.63) is 21.9 Å². The predicted octanol–water partition coefficient (Wildman–Crippen LogP) is 3.53. The first-order chi connectivity index (χ1) is 8.97. The van der Waals surface area contributed by atoms with Crippen LogP contribution in [0.5, 0.6) is 0 Å². The van der Waals surface area contributed by atoms with E-state index in [9.17, 15) is 0 Å². The van der Waals surface area contributed by atoms with Crippen molar-refractivity contribution in [1.82, 2.24) is 5.32 Å². The highest BCUT2D eigenvalue weighted by Gasteiger charge is 2.16. The second-order valence-electron chi connectivity index (χ2n) is 5.49. The number of nitrogens with one attached hydrogen (secondary N) is 1. The molecule has 110 valence electrons. The molecule has 19 heavy (non-hydrogen) atoms. The molecule has 0 aliphatic rings. The van der Waals surface area contributed by atoms with E-state index in [1.54, 1.807) is 0 Å². The van der Waals surface area contributed by atoms with Crippen molar-refractivity contribution in [2.24, 2.45) is 0 Å². The van der Waals surface area contributed by atoms with Gasteiger partial charge in [-0.15, -0.1) is 11.3 Å². The van der Waals surface area contributed by atoms with Crippen LogP contribution in [0.4, 0.5) is 0 Å². The summed E-state index contributed by atoms with van der Waals surface area (Å²) in [4.78, 5) is 2.78. The first-order valence-corrected chi connectivity index (χ1v) is 7.82. The second-order valence-corrected chi connectivity index (χ2v) is 6.66. The van der Waals surface area contributed by atoms with E-state index >= 15 is 0 Å². The molecule has 1 aromatic heterocycles. The zero-order chi connectivity index (χ0) is 14.3. The lowest BCUT2D eigenvalue weighted by atomic mass is 9.95. The topological polar surface area (TPSA) is 30.5 Å². The van der Waals surface area contributed by atoms with Crippen LogP contribution in [-0.2, 0) is 21.4 Å². The van der Waals surface area contributed by atoms with Crippen LogP contribution in [0.3, 0.4) is 0 Å².